The molecular weight excluding hydrogens is 159 g/mol. The molecule has 0 N–H and O–H groups in total. The SMILES string of the molecule is CC1CC(=O)CC(C)(CP)O1. The van der Waals surface area contributed by atoms with E-state index < -0.39 is 0 Å². The Morgan fingerprint density at radius 3 is 2.91 bits per heavy atom. The monoisotopic (exact) mass is 174 g/mol. The molecule has 1 rings (SSSR count). The Balaban J connectivity index is 2.62. The van der Waals surface area contributed by atoms with Crippen LogP contribution in [0.25, 0.3) is 0 Å². The molecule has 1 aliphatic heterocycles. The van der Waals surface area contributed by atoms with Crippen molar-refractivity contribution in [3.63, 3.8) is 0 Å². The Hall–Kier alpha value is 0.0600. The molecule has 0 aromatic rings. The standard InChI is InChI=1S/C8H15O2P/c1-6-3-7(9)4-8(2,5-11)10-6/h6H,3-5,11H2,1-2H3. The van der Waals surface area contributed by atoms with Gasteiger partial charge in [-0.1, -0.05) is 0 Å². The molecule has 11 heavy (non-hydrogen) atoms. The van der Waals surface area contributed by atoms with Crippen molar-refractivity contribution in [1.29, 1.82) is 0 Å². The molecule has 64 valence electrons. The van der Waals surface area contributed by atoms with Crippen LogP contribution in [0.2, 0.25) is 0 Å². The Morgan fingerprint density at radius 2 is 2.45 bits per heavy atom. The number of Topliss-reactive ketones (excluding diaryl/α,β-unsaturated/α-hetero) is 1. The quantitative estimate of drug-likeness (QED) is 0.561. The topological polar surface area (TPSA) is 26.3 Å². The predicted molar refractivity (Wildman–Crippen MR) is 47.8 cm³/mol. The number of carbonyl (C=O) groups is 1. The molecule has 0 saturated carbocycles. The van der Waals surface area contributed by atoms with Crippen LogP contribution in [0.5, 0.6) is 0 Å². The Bertz CT molecular complexity index is 169. The van der Waals surface area contributed by atoms with Crippen LogP contribution >= 0.6 is 9.24 Å². The van der Waals surface area contributed by atoms with E-state index in [2.05, 4.69) is 9.24 Å². The number of hydrogen-bond donors (Lipinski definition) is 0. The first kappa shape index (κ1) is 9.15. The van der Waals surface area contributed by atoms with E-state index in [0.29, 0.717) is 18.6 Å². The molecule has 2 nitrogen and oxygen atoms in total. The summed E-state index contributed by atoms with van der Waals surface area (Å²) in [5.74, 6) is 0.328. The molecule has 3 atom stereocenters. The maximum absolute atomic E-state index is 11.2. The molecule has 1 aliphatic rings. The normalized spacial score (nSPS) is 39.2. The fourth-order valence-electron chi connectivity index (χ4n) is 1.50. The fraction of sp³-hybridized carbons (Fsp3) is 0.875. The maximum atomic E-state index is 11.2. The summed E-state index contributed by atoms with van der Waals surface area (Å²) < 4.78 is 5.65. The van der Waals surface area contributed by atoms with E-state index in [0.717, 1.165) is 6.16 Å². The van der Waals surface area contributed by atoms with Crippen LogP contribution in [0.3, 0.4) is 0 Å². The number of carbonyl (C=O) groups excluding carboxylic acids is 1. The average molecular weight is 174 g/mol. The predicted octanol–water partition coefficient (Wildman–Crippen LogP) is 1.39. The van der Waals surface area contributed by atoms with Crippen LogP contribution in [0.1, 0.15) is 26.7 Å². The zero-order valence-corrected chi connectivity index (χ0v) is 8.25. The van der Waals surface area contributed by atoms with Crippen LogP contribution in [0, 0.1) is 0 Å². The highest BCUT2D eigenvalue weighted by molar-refractivity contribution is 7.16. The molecule has 1 saturated heterocycles. The first-order chi connectivity index (χ1) is 5.06. The van der Waals surface area contributed by atoms with E-state index >= 15 is 0 Å². The van der Waals surface area contributed by atoms with E-state index in [1.165, 1.54) is 0 Å². The van der Waals surface area contributed by atoms with Gasteiger partial charge in [-0.05, 0) is 20.0 Å². The zero-order chi connectivity index (χ0) is 8.48. The lowest BCUT2D eigenvalue weighted by Gasteiger charge is -2.35. The van der Waals surface area contributed by atoms with E-state index in [1.807, 2.05) is 13.8 Å². The van der Waals surface area contributed by atoms with Gasteiger partial charge in [0, 0.05) is 12.8 Å². The van der Waals surface area contributed by atoms with Gasteiger partial charge in [-0.2, -0.15) is 0 Å². The molecule has 0 radical (unpaired) electrons. The molecule has 0 spiro atoms. The van der Waals surface area contributed by atoms with Gasteiger partial charge in [-0.25, -0.2) is 0 Å². The highest BCUT2D eigenvalue weighted by Gasteiger charge is 2.33. The highest BCUT2D eigenvalue weighted by atomic mass is 31.0. The van der Waals surface area contributed by atoms with E-state index in [4.69, 9.17) is 4.74 Å². The van der Waals surface area contributed by atoms with Gasteiger partial charge < -0.3 is 4.74 Å². The number of rotatable bonds is 1. The zero-order valence-electron chi connectivity index (χ0n) is 7.09. The molecule has 3 heteroatoms. The third-order valence-electron chi connectivity index (χ3n) is 2.00. The minimum absolute atomic E-state index is 0.0989. The summed E-state index contributed by atoms with van der Waals surface area (Å²) in [7, 11) is 2.63. The van der Waals surface area contributed by atoms with Crippen LogP contribution < -0.4 is 0 Å². The van der Waals surface area contributed by atoms with Gasteiger partial charge in [0.1, 0.15) is 5.78 Å². The molecular formula is C8H15O2P. The summed E-state index contributed by atoms with van der Waals surface area (Å²) in [6, 6.07) is 0. The molecule has 3 unspecified atom stereocenters. The molecule has 0 amide bonds. The van der Waals surface area contributed by atoms with Gasteiger partial charge in [0.05, 0.1) is 11.7 Å². The summed E-state index contributed by atoms with van der Waals surface area (Å²) >= 11 is 0. The second-order valence-corrected chi connectivity index (χ2v) is 3.91. The Morgan fingerprint density at radius 1 is 1.82 bits per heavy atom. The summed E-state index contributed by atoms with van der Waals surface area (Å²) in [6.45, 7) is 3.95. The Kier molecular flexibility index (Phi) is 2.66. The Labute approximate surface area is 69.9 Å². The van der Waals surface area contributed by atoms with Crippen LogP contribution in [-0.2, 0) is 9.53 Å². The van der Waals surface area contributed by atoms with Crippen molar-refractivity contribution in [3.8, 4) is 0 Å². The highest BCUT2D eigenvalue weighted by Crippen LogP contribution is 2.27. The fourth-order valence-corrected chi connectivity index (χ4v) is 1.74. The number of ether oxygens (including phenoxy) is 1. The molecule has 0 aromatic heterocycles. The van der Waals surface area contributed by atoms with Gasteiger partial charge in [0.15, 0.2) is 0 Å². The van der Waals surface area contributed by atoms with Crippen molar-refractivity contribution in [2.24, 2.45) is 0 Å². The van der Waals surface area contributed by atoms with Crippen molar-refractivity contribution in [3.05, 3.63) is 0 Å². The van der Waals surface area contributed by atoms with Gasteiger partial charge >= 0.3 is 0 Å². The third-order valence-corrected chi connectivity index (χ3v) is 2.87. The number of hydrogen-bond acceptors (Lipinski definition) is 2. The molecule has 1 heterocycles. The first-order valence-corrected chi connectivity index (χ1v) is 4.77. The minimum Gasteiger partial charge on any atom is -0.371 e. The van der Waals surface area contributed by atoms with Crippen LogP contribution in [0.4, 0.5) is 0 Å². The number of ketones is 1. The summed E-state index contributed by atoms with van der Waals surface area (Å²) in [4.78, 5) is 11.2. The molecule has 0 bridgehead atoms. The first-order valence-electron chi connectivity index (χ1n) is 3.95. The van der Waals surface area contributed by atoms with Crippen molar-refractivity contribution < 1.29 is 9.53 Å². The summed E-state index contributed by atoms with van der Waals surface area (Å²) in [5, 5.41) is 0. The van der Waals surface area contributed by atoms with Crippen molar-refractivity contribution in [1.82, 2.24) is 0 Å². The van der Waals surface area contributed by atoms with E-state index in [1.54, 1.807) is 0 Å². The lowest BCUT2D eigenvalue weighted by atomic mass is 9.94. The van der Waals surface area contributed by atoms with E-state index in [9.17, 15) is 4.79 Å². The smallest absolute Gasteiger partial charge is 0.138 e. The summed E-state index contributed by atoms with van der Waals surface area (Å²) in [5.41, 5.74) is -0.223. The van der Waals surface area contributed by atoms with Crippen LogP contribution in [-0.4, -0.2) is 23.7 Å². The van der Waals surface area contributed by atoms with E-state index in [-0.39, 0.29) is 11.7 Å². The third kappa shape index (κ3) is 2.25. The minimum atomic E-state index is -0.223. The van der Waals surface area contributed by atoms with Crippen molar-refractivity contribution in [2.45, 2.75) is 38.4 Å². The van der Waals surface area contributed by atoms with Crippen molar-refractivity contribution in [2.75, 3.05) is 6.16 Å². The lowest BCUT2D eigenvalue weighted by Crippen LogP contribution is -2.42. The second kappa shape index (κ2) is 3.20. The van der Waals surface area contributed by atoms with Gasteiger partial charge in [-0.3, -0.25) is 4.79 Å². The van der Waals surface area contributed by atoms with Gasteiger partial charge in [-0.15, -0.1) is 9.24 Å². The van der Waals surface area contributed by atoms with Gasteiger partial charge in [0.2, 0.25) is 0 Å². The van der Waals surface area contributed by atoms with Gasteiger partial charge in [0.25, 0.3) is 0 Å². The maximum Gasteiger partial charge on any atom is 0.138 e. The average Bonchev–Trinajstić information content (AvgIpc) is 1.84. The largest absolute Gasteiger partial charge is 0.371 e. The second-order valence-electron chi connectivity index (χ2n) is 3.50. The van der Waals surface area contributed by atoms with Crippen molar-refractivity contribution >= 4 is 15.0 Å². The summed E-state index contributed by atoms with van der Waals surface area (Å²) in [6.07, 6.45) is 2.09. The molecule has 0 aromatic carbocycles. The lowest BCUT2D eigenvalue weighted by molar-refractivity contribution is -0.144. The molecule has 0 aliphatic carbocycles. The molecule has 1 fully saturated rings. The van der Waals surface area contributed by atoms with Crippen LogP contribution in [0.15, 0.2) is 0 Å².